The highest BCUT2D eigenvalue weighted by atomic mass is 32.2. The second kappa shape index (κ2) is 10.6. The van der Waals surface area contributed by atoms with Gasteiger partial charge in [0, 0.05) is 17.1 Å². The Kier molecular flexibility index (Phi) is 7.62. The molecule has 1 unspecified atom stereocenters. The highest BCUT2D eigenvalue weighted by Crippen LogP contribution is 2.45. The number of rotatable bonds is 9. The Morgan fingerprint density at radius 3 is 2.49 bits per heavy atom. The molecule has 2 aromatic carbocycles. The summed E-state index contributed by atoms with van der Waals surface area (Å²) in [5.74, 6) is -1.37. The van der Waals surface area contributed by atoms with Gasteiger partial charge in [-0.2, -0.15) is 18.5 Å². The fourth-order valence-electron chi connectivity index (χ4n) is 4.74. The normalized spacial score (nSPS) is 19.2. The minimum absolute atomic E-state index is 0.0207. The fourth-order valence-corrected chi connectivity index (χ4v) is 5.22. The van der Waals surface area contributed by atoms with Crippen LogP contribution in [-0.2, 0) is 39.4 Å². The molecule has 0 saturated heterocycles. The smallest absolute Gasteiger partial charge is 0.359 e. The Labute approximate surface area is 226 Å². The first kappa shape index (κ1) is 28.0. The van der Waals surface area contributed by atoms with Gasteiger partial charge in [-0.05, 0) is 67.4 Å². The molecule has 2 aliphatic rings. The van der Waals surface area contributed by atoms with E-state index in [1.54, 1.807) is 13.0 Å². The number of ether oxygens (including phenoxy) is 2. The first-order valence-corrected chi connectivity index (χ1v) is 13.7. The Hall–Kier alpha value is -4.03. The second-order valence-electron chi connectivity index (χ2n) is 9.65. The van der Waals surface area contributed by atoms with Crippen molar-refractivity contribution in [2.45, 2.75) is 44.0 Å². The number of hydrogen-bond acceptors (Lipinski definition) is 9. The number of anilines is 2. The monoisotopic (exact) mass is 555 g/mol. The lowest BCUT2D eigenvalue weighted by Crippen LogP contribution is -2.40. The van der Waals surface area contributed by atoms with Crippen LogP contribution in [0.1, 0.15) is 38.8 Å². The molecule has 206 valence electrons. The Morgan fingerprint density at radius 1 is 1.18 bits per heavy atom. The van der Waals surface area contributed by atoms with Crippen molar-refractivity contribution in [1.29, 1.82) is 0 Å². The van der Waals surface area contributed by atoms with Gasteiger partial charge in [0.15, 0.2) is 5.71 Å². The molecule has 2 aliphatic heterocycles. The third-order valence-corrected chi connectivity index (χ3v) is 7.96. The molecule has 0 saturated carbocycles. The molecule has 0 spiro atoms. The van der Waals surface area contributed by atoms with Gasteiger partial charge in [0.25, 0.3) is 22.5 Å². The summed E-state index contributed by atoms with van der Waals surface area (Å²) in [4.78, 5) is 38.6. The van der Waals surface area contributed by atoms with E-state index in [9.17, 15) is 27.4 Å². The van der Waals surface area contributed by atoms with Crippen molar-refractivity contribution in [3.63, 3.8) is 0 Å². The largest absolute Gasteiger partial charge is 0.466 e. The van der Waals surface area contributed by atoms with Crippen molar-refractivity contribution in [2.24, 2.45) is 5.10 Å². The summed E-state index contributed by atoms with van der Waals surface area (Å²) in [6, 6.07) is 10.7. The van der Waals surface area contributed by atoms with Crippen LogP contribution < -0.4 is 9.91 Å². The Bertz CT molecular complexity index is 1480. The van der Waals surface area contributed by atoms with Gasteiger partial charge in [0.05, 0.1) is 29.3 Å². The molecule has 11 nitrogen and oxygen atoms in total. The van der Waals surface area contributed by atoms with E-state index >= 15 is 0 Å². The SMILES string of the molecule is CCOC(=O)C1=NN(c2ccc(S(=O)(=O)O)cc2)C(=O)/C1=C\c1ccc2c(c1)C(C)(C)C(C)N2CCOC=O. The van der Waals surface area contributed by atoms with Crippen LogP contribution in [0.2, 0.25) is 0 Å². The molecule has 0 aromatic heterocycles. The zero-order valence-corrected chi connectivity index (χ0v) is 22.8. The molecule has 2 heterocycles. The van der Waals surface area contributed by atoms with Crippen LogP contribution in [0.4, 0.5) is 11.4 Å². The van der Waals surface area contributed by atoms with E-state index in [1.807, 2.05) is 18.2 Å². The van der Waals surface area contributed by atoms with E-state index in [2.05, 4.69) is 30.8 Å². The summed E-state index contributed by atoms with van der Waals surface area (Å²) in [5, 5.41) is 5.18. The molecule has 2 aromatic rings. The lowest BCUT2D eigenvalue weighted by molar-refractivity contribution is -0.135. The van der Waals surface area contributed by atoms with E-state index in [4.69, 9.17) is 9.47 Å². The van der Waals surface area contributed by atoms with Gasteiger partial charge in [0.1, 0.15) is 6.61 Å². The Morgan fingerprint density at radius 2 is 1.87 bits per heavy atom. The summed E-state index contributed by atoms with van der Waals surface area (Å²) in [7, 11) is -4.42. The standard InChI is InChI=1S/C27H29N3O8S/c1-5-38-26(33)24-21(25(32)30(28-24)19-7-9-20(10-8-19)39(34,35)36)14-18-6-11-23-22(15-18)27(3,4)17(2)29(23)12-13-37-16-31/h6-11,14-17H,5,12-13H2,1-4H3,(H,34,35,36)/b21-14-. The van der Waals surface area contributed by atoms with Crippen molar-refractivity contribution in [1.82, 2.24) is 0 Å². The average Bonchev–Trinajstić information content (AvgIpc) is 3.30. The van der Waals surface area contributed by atoms with Crippen molar-refractivity contribution < 1.29 is 36.8 Å². The summed E-state index contributed by atoms with van der Waals surface area (Å²) in [6.45, 7) is 9.24. The predicted octanol–water partition coefficient (Wildman–Crippen LogP) is 2.94. The predicted molar refractivity (Wildman–Crippen MR) is 144 cm³/mol. The highest BCUT2D eigenvalue weighted by Gasteiger charge is 2.42. The molecule has 1 N–H and O–H groups in total. The lowest BCUT2D eigenvalue weighted by Gasteiger charge is -2.31. The number of carbonyl (C=O) groups excluding carboxylic acids is 3. The molecule has 39 heavy (non-hydrogen) atoms. The number of nitrogens with zero attached hydrogens (tertiary/aromatic N) is 3. The first-order valence-electron chi connectivity index (χ1n) is 12.3. The van der Waals surface area contributed by atoms with E-state index in [0.717, 1.165) is 28.4 Å². The second-order valence-corrected chi connectivity index (χ2v) is 11.1. The quantitative estimate of drug-likeness (QED) is 0.162. The molecular weight excluding hydrogens is 526 g/mol. The molecule has 0 radical (unpaired) electrons. The third-order valence-electron chi connectivity index (χ3n) is 7.09. The van der Waals surface area contributed by atoms with Gasteiger partial charge in [-0.1, -0.05) is 19.9 Å². The molecular formula is C27H29N3O8S. The van der Waals surface area contributed by atoms with Crippen molar-refractivity contribution in [3.05, 3.63) is 59.2 Å². The lowest BCUT2D eigenvalue weighted by atomic mass is 9.80. The van der Waals surface area contributed by atoms with Crippen molar-refractivity contribution in [3.8, 4) is 0 Å². The number of fused-ring (bicyclic) bond motifs is 1. The van der Waals surface area contributed by atoms with Gasteiger partial charge in [0.2, 0.25) is 0 Å². The van der Waals surface area contributed by atoms with E-state index in [0.29, 0.717) is 18.6 Å². The zero-order chi connectivity index (χ0) is 28.5. The van der Waals surface area contributed by atoms with E-state index in [1.165, 1.54) is 12.1 Å². The van der Waals surface area contributed by atoms with Crippen molar-refractivity contribution in [2.75, 3.05) is 29.7 Å². The highest BCUT2D eigenvalue weighted by molar-refractivity contribution is 7.85. The third kappa shape index (κ3) is 5.30. The van der Waals surface area contributed by atoms with E-state index < -0.39 is 22.0 Å². The molecule has 12 heteroatoms. The molecule has 4 rings (SSSR count). The topological polar surface area (TPSA) is 143 Å². The Balaban J connectivity index is 1.72. The number of amides is 1. The van der Waals surface area contributed by atoms with Gasteiger partial charge in [-0.3, -0.25) is 14.1 Å². The van der Waals surface area contributed by atoms with Crippen LogP contribution in [0.5, 0.6) is 0 Å². The number of benzene rings is 2. The number of esters is 1. The zero-order valence-electron chi connectivity index (χ0n) is 21.9. The van der Waals surface area contributed by atoms with Crippen molar-refractivity contribution >= 4 is 51.6 Å². The molecule has 1 atom stereocenters. The number of carbonyl (C=O) groups is 3. The van der Waals surface area contributed by atoms with Crippen LogP contribution >= 0.6 is 0 Å². The van der Waals surface area contributed by atoms with Crippen LogP contribution in [0.25, 0.3) is 6.08 Å². The fraction of sp³-hybridized carbons (Fsp3) is 0.333. The van der Waals surface area contributed by atoms with Crippen LogP contribution in [-0.4, -0.2) is 62.8 Å². The molecule has 1 amide bonds. The van der Waals surface area contributed by atoms with Gasteiger partial charge in [-0.15, -0.1) is 0 Å². The minimum atomic E-state index is -4.42. The maximum absolute atomic E-state index is 13.4. The maximum Gasteiger partial charge on any atom is 0.359 e. The van der Waals surface area contributed by atoms with Crippen LogP contribution in [0.15, 0.2) is 58.0 Å². The summed E-state index contributed by atoms with van der Waals surface area (Å²) >= 11 is 0. The number of hydrazone groups is 1. The summed E-state index contributed by atoms with van der Waals surface area (Å²) < 4.78 is 42.0. The van der Waals surface area contributed by atoms with Gasteiger partial charge in [-0.25, -0.2) is 4.79 Å². The molecule has 0 bridgehead atoms. The molecule has 0 fully saturated rings. The first-order chi connectivity index (χ1) is 18.4. The maximum atomic E-state index is 13.4. The van der Waals surface area contributed by atoms with Gasteiger partial charge >= 0.3 is 5.97 Å². The van der Waals surface area contributed by atoms with E-state index in [-0.39, 0.29) is 46.5 Å². The van der Waals surface area contributed by atoms with Gasteiger partial charge < -0.3 is 14.4 Å². The summed E-state index contributed by atoms with van der Waals surface area (Å²) in [6.07, 6.45) is 1.57. The molecule has 0 aliphatic carbocycles. The van der Waals surface area contributed by atoms with Crippen LogP contribution in [0.3, 0.4) is 0 Å². The van der Waals surface area contributed by atoms with Crippen LogP contribution in [0, 0.1) is 0 Å². The summed E-state index contributed by atoms with van der Waals surface area (Å²) in [5.41, 5.74) is 2.48. The average molecular weight is 556 g/mol. The minimum Gasteiger partial charge on any atom is -0.466 e. The number of hydrogen-bond donors (Lipinski definition) is 1.